The average Bonchev–Trinajstić information content (AvgIpc) is 2.41. The van der Waals surface area contributed by atoms with Crippen LogP contribution in [0, 0.1) is 0 Å². The number of halogens is 4. The predicted octanol–water partition coefficient (Wildman–Crippen LogP) is 4.21. The Morgan fingerprint density at radius 1 is 1.29 bits per heavy atom. The Balaban J connectivity index is 2.47. The smallest absolute Gasteiger partial charge is 0.411 e. The summed E-state index contributed by atoms with van der Waals surface area (Å²) in [4.78, 5) is 0. The van der Waals surface area contributed by atoms with Crippen molar-refractivity contribution in [2.24, 2.45) is 5.73 Å². The van der Waals surface area contributed by atoms with Crippen LogP contribution in [-0.4, -0.2) is 26.0 Å². The third-order valence-corrected chi connectivity index (χ3v) is 3.30. The minimum Gasteiger partial charge on any atom is -0.492 e. The second-order valence-electron chi connectivity index (χ2n) is 4.60. The van der Waals surface area contributed by atoms with E-state index in [0.717, 1.165) is 22.2 Å². The van der Waals surface area contributed by atoms with Crippen molar-refractivity contribution < 1.29 is 22.6 Å². The third kappa shape index (κ3) is 7.15. The zero-order valence-electron chi connectivity index (χ0n) is 11.8. The Hall–Kier alpha value is -0.790. The number of ether oxygens (including phenoxy) is 2. The number of benzene rings is 1. The predicted molar refractivity (Wildman–Crippen MR) is 78.3 cm³/mol. The molecule has 120 valence electrons. The zero-order chi connectivity index (χ0) is 15.9. The van der Waals surface area contributed by atoms with Crippen molar-refractivity contribution in [3.63, 3.8) is 0 Å². The molecule has 1 aromatic rings. The Labute approximate surface area is 130 Å². The van der Waals surface area contributed by atoms with Crippen LogP contribution in [0.25, 0.3) is 0 Å². The molecule has 0 fully saturated rings. The Morgan fingerprint density at radius 3 is 2.57 bits per heavy atom. The molecule has 0 heterocycles. The van der Waals surface area contributed by atoms with E-state index in [9.17, 15) is 13.2 Å². The van der Waals surface area contributed by atoms with Gasteiger partial charge in [0.1, 0.15) is 12.4 Å². The van der Waals surface area contributed by atoms with E-state index in [-0.39, 0.29) is 12.6 Å². The van der Waals surface area contributed by atoms with Crippen molar-refractivity contribution in [1.82, 2.24) is 0 Å². The fourth-order valence-electron chi connectivity index (χ4n) is 1.64. The molecular formula is C14H19BrF3NO2. The van der Waals surface area contributed by atoms with Crippen LogP contribution in [0.2, 0.25) is 0 Å². The van der Waals surface area contributed by atoms with Crippen molar-refractivity contribution in [2.75, 3.05) is 19.8 Å². The molecule has 1 atom stereocenters. The molecule has 7 heteroatoms. The number of nitrogens with two attached hydrogens (primary N) is 1. The first kappa shape index (κ1) is 18.3. The number of rotatable bonds is 8. The lowest BCUT2D eigenvalue weighted by atomic mass is 10.1. The number of hydrogen-bond donors (Lipinski definition) is 1. The van der Waals surface area contributed by atoms with E-state index in [1.807, 2.05) is 19.1 Å². The summed E-state index contributed by atoms with van der Waals surface area (Å²) in [6.45, 7) is 1.36. The standard InChI is InChI=1S/C14H19BrF3NO2/c1-2-6-21-13-4-3-10(8-11(13)15)12(19)5-7-20-9-14(16,17)18/h3-4,8,12H,2,5-7,9,19H2,1H3. The van der Waals surface area contributed by atoms with Gasteiger partial charge in [0.25, 0.3) is 0 Å². The van der Waals surface area contributed by atoms with Gasteiger partial charge < -0.3 is 15.2 Å². The van der Waals surface area contributed by atoms with E-state index in [2.05, 4.69) is 20.7 Å². The summed E-state index contributed by atoms with van der Waals surface area (Å²) < 4.78 is 46.6. The summed E-state index contributed by atoms with van der Waals surface area (Å²) in [5.41, 5.74) is 6.76. The highest BCUT2D eigenvalue weighted by molar-refractivity contribution is 9.10. The maximum Gasteiger partial charge on any atom is 0.411 e. The van der Waals surface area contributed by atoms with Gasteiger partial charge >= 0.3 is 6.18 Å². The van der Waals surface area contributed by atoms with Crippen molar-refractivity contribution in [1.29, 1.82) is 0 Å². The molecule has 21 heavy (non-hydrogen) atoms. The van der Waals surface area contributed by atoms with Gasteiger partial charge in [-0.05, 0) is 46.5 Å². The monoisotopic (exact) mass is 369 g/mol. The zero-order valence-corrected chi connectivity index (χ0v) is 13.3. The average molecular weight is 370 g/mol. The van der Waals surface area contributed by atoms with Gasteiger partial charge in [-0.3, -0.25) is 0 Å². The Bertz CT molecular complexity index is 441. The molecule has 3 nitrogen and oxygen atoms in total. The van der Waals surface area contributed by atoms with Crippen LogP contribution in [0.4, 0.5) is 13.2 Å². The maximum absolute atomic E-state index is 11.9. The van der Waals surface area contributed by atoms with Gasteiger partial charge in [0.05, 0.1) is 11.1 Å². The summed E-state index contributed by atoms with van der Waals surface area (Å²) in [6.07, 6.45) is -3.08. The lowest BCUT2D eigenvalue weighted by Gasteiger charge is -2.15. The molecule has 1 rings (SSSR count). The molecule has 0 aromatic heterocycles. The van der Waals surface area contributed by atoms with E-state index in [4.69, 9.17) is 10.5 Å². The molecular weight excluding hydrogens is 351 g/mol. The molecule has 0 amide bonds. The first-order chi connectivity index (χ1) is 9.83. The molecule has 0 bridgehead atoms. The maximum atomic E-state index is 11.9. The van der Waals surface area contributed by atoms with Crippen molar-refractivity contribution in [3.05, 3.63) is 28.2 Å². The lowest BCUT2D eigenvalue weighted by Crippen LogP contribution is -2.19. The highest BCUT2D eigenvalue weighted by atomic mass is 79.9. The van der Waals surface area contributed by atoms with Crippen LogP contribution in [0.1, 0.15) is 31.4 Å². The van der Waals surface area contributed by atoms with Crippen LogP contribution in [-0.2, 0) is 4.74 Å². The third-order valence-electron chi connectivity index (χ3n) is 2.68. The molecule has 0 radical (unpaired) electrons. The van der Waals surface area contributed by atoms with Gasteiger partial charge in [-0.2, -0.15) is 13.2 Å². The minimum atomic E-state index is -4.30. The summed E-state index contributed by atoms with van der Waals surface area (Å²) in [7, 11) is 0. The molecule has 0 saturated carbocycles. The van der Waals surface area contributed by atoms with Gasteiger partial charge in [0.2, 0.25) is 0 Å². The second kappa shape index (κ2) is 8.60. The largest absolute Gasteiger partial charge is 0.492 e. The van der Waals surface area contributed by atoms with Crippen LogP contribution >= 0.6 is 15.9 Å². The number of alkyl halides is 3. The van der Waals surface area contributed by atoms with Gasteiger partial charge in [0.15, 0.2) is 0 Å². The van der Waals surface area contributed by atoms with Crippen molar-refractivity contribution in [3.8, 4) is 5.75 Å². The van der Waals surface area contributed by atoms with Gasteiger partial charge in [-0.15, -0.1) is 0 Å². The molecule has 0 aliphatic carbocycles. The molecule has 1 unspecified atom stereocenters. The minimum absolute atomic E-state index is 0.0353. The SMILES string of the molecule is CCCOc1ccc(C(N)CCOCC(F)(F)F)cc1Br. The van der Waals surface area contributed by atoms with Crippen molar-refractivity contribution in [2.45, 2.75) is 32.0 Å². The van der Waals surface area contributed by atoms with Crippen LogP contribution in [0.15, 0.2) is 22.7 Å². The second-order valence-corrected chi connectivity index (χ2v) is 5.46. The summed E-state index contributed by atoms with van der Waals surface area (Å²) in [5.74, 6) is 0.723. The topological polar surface area (TPSA) is 44.5 Å². The highest BCUT2D eigenvalue weighted by Crippen LogP contribution is 2.29. The van der Waals surface area contributed by atoms with Gasteiger partial charge in [0, 0.05) is 12.6 Å². The fourth-order valence-corrected chi connectivity index (χ4v) is 2.15. The summed E-state index contributed by atoms with van der Waals surface area (Å²) >= 11 is 3.39. The number of hydrogen-bond acceptors (Lipinski definition) is 3. The van der Waals surface area contributed by atoms with E-state index in [1.165, 1.54) is 0 Å². The van der Waals surface area contributed by atoms with Crippen LogP contribution < -0.4 is 10.5 Å². The molecule has 0 aliphatic rings. The quantitative estimate of drug-likeness (QED) is 0.698. The first-order valence-corrected chi connectivity index (χ1v) is 7.45. The van der Waals surface area contributed by atoms with Crippen LogP contribution in [0.3, 0.4) is 0 Å². The molecule has 0 aliphatic heterocycles. The van der Waals surface area contributed by atoms with Gasteiger partial charge in [-0.1, -0.05) is 13.0 Å². The molecule has 0 saturated heterocycles. The van der Waals surface area contributed by atoms with E-state index in [0.29, 0.717) is 13.0 Å². The van der Waals surface area contributed by atoms with Crippen LogP contribution in [0.5, 0.6) is 5.75 Å². The first-order valence-electron chi connectivity index (χ1n) is 6.66. The highest BCUT2D eigenvalue weighted by Gasteiger charge is 2.27. The van der Waals surface area contributed by atoms with Gasteiger partial charge in [-0.25, -0.2) is 0 Å². The fraction of sp³-hybridized carbons (Fsp3) is 0.571. The Kier molecular flexibility index (Phi) is 7.48. The normalized spacial score (nSPS) is 13.2. The molecule has 1 aromatic carbocycles. The lowest BCUT2D eigenvalue weighted by molar-refractivity contribution is -0.174. The van der Waals surface area contributed by atoms with E-state index in [1.54, 1.807) is 6.07 Å². The molecule has 2 N–H and O–H groups in total. The summed E-state index contributed by atoms with van der Waals surface area (Å²) in [5, 5.41) is 0. The van der Waals surface area contributed by atoms with E-state index >= 15 is 0 Å². The van der Waals surface area contributed by atoms with Crippen molar-refractivity contribution >= 4 is 15.9 Å². The summed E-state index contributed by atoms with van der Waals surface area (Å²) in [6, 6.07) is 5.05. The molecule has 0 spiro atoms. The Morgan fingerprint density at radius 2 is 2.00 bits per heavy atom. The van der Waals surface area contributed by atoms with E-state index < -0.39 is 12.8 Å².